The number of aromatic nitrogens is 1. The zero-order valence-corrected chi connectivity index (χ0v) is 21.0. The van der Waals surface area contributed by atoms with Crippen LogP contribution < -0.4 is 10.6 Å². The molecular formula is C27H33F3N4O3. The van der Waals surface area contributed by atoms with E-state index in [9.17, 15) is 23.1 Å². The third-order valence-electron chi connectivity index (χ3n) is 6.59. The number of aliphatic hydroxyl groups is 1. The van der Waals surface area contributed by atoms with Crippen molar-refractivity contribution in [3.63, 3.8) is 0 Å². The number of ether oxygens (including phenoxy) is 1. The first-order chi connectivity index (χ1) is 17.8. The number of amides is 1. The second-order valence-corrected chi connectivity index (χ2v) is 9.44. The molecule has 0 bridgehead atoms. The van der Waals surface area contributed by atoms with Gasteiger partial charge < -0.3 is 29.9 Å². The molecule has 1 amide bonds. The van der Waals surface area contributed by atoms with Gasteiger partial charge in [-0.25, -0.2) is 13.2 Å². The molecular weight excluding hydrogens is 485 g/mol. The Morgan fingerprint density at radius 2 is 1.86 bits per heavy atom. The summed E-state index contributed by atoms with van der Waals surface area (Å²) in [6.07, 6.45) is -4.60. The van der Waals surface area contributed by atoms with Gasteiger partial charge in [0.1, 0.15) is 0 Å². The van der Waals surface area contributed by atoms with E-state index in [1.807, 2.05) is 6.07 Å². The number of fused-ring (bicyclic) bond motifs is 1. The van der Waals surface area contributed by atoms with Crippen molar-refractivity contribution < 1.29 is 27.8 Å². The molecule has 3 aromatic rings. The Bertz CT molecular complexity index is 1210. The summed E-state index contributed by atoms with van der Waals surface area (Å²) < 4.78 is 48.2. The van der Waals surface area contributed by atoms with Crippen LogP contribution in [0.5, 0.6) is 0 Å². The van der Waals surface area contributed by atoms with Gasteiger partial charge in [0.05, 0.1) is 23.9 Å². The first-order valence-electron chi connectivity index (χ1n) is 12.4. The highest BCUT2D eigenvalue weighted by atomic mass is 19.3. The summed E-state index contributed by atoms with van der Waals surface area (Å²) >= 11 is 0. The molecule has 2 aromatic carbocycles. The molecule has 2 atom stereocenters. The molecule has 1 saturated heterocycles. The second kappa shape index (κ2) is 12.0. The fourth-order valence-corrected chi connectivity index (χ4v) is 4.96. The van der Waals surface area contributed by atoms with Crippen LogP contribution in [0.3, 0.4) is 0 Å². The van der Waals surface area contributed by atoms with Crippen molar-refractivity contribution in [1.29, 1.82) is 0 Å². The quantitative estimate of drug-likeness (QED) is 0.357. The third kappa shape index (κ3) is 6.44. The summed E-state index contributed by atoms with van der Waals surface area (Å²) in [5, 5.41) is 16.8. The van der Waals surface area contributed by atoms with Crippen LogP contribution >= 0.6 is 0 Å². The number of aliphatic hydroxyl groups excluding tert-OH is 1. The van der Waals surface area contributed by atoms with Crippen LogP contribution in [0, 0.1) is 0 Å². The zero-order valence-electron chi connectivity index (χ0n) is 21.0. The number of likely N-dealkylation sites (tertiary alicyclic amines) is 1. The van der Waals surface area contributed by atoms with Crippen LogP contribution in [0.1, 0.15) is 26.1 Å². The predicted octanol–water partition coefficient (Wildman–Crippen LogP) is 4.88. The molecule has 1 fully saturated rings. The van der Waals surface area contributed by atoms with Crippen molar-refractivity contribution in [3.05, 3.63) is 48.5 Å². The zero-order chi connectivity index (χ0) is 26.5. The van der Waals surface area contributed by atoms with E-state index in [0.29, 0.717) is 41.0 Å². The van der Waals surface area contributed by atoms with E-state index in [1.165, 1.54) is 6.92 Å². The monoisotopic (exact) mass is 518 g/mol. The Labute approximate surface area is 214 Å². The summed E-state index contributed by atoms with van der Waals surface area (Å²) in [4.78, 5) is 13.7. The number of methoxy groups -OCH3 is 1. The van der Waals surface area contributed by atoms with Gasteiger partial charge in [0.25, 0.3) is 6.43 Å². The largest absolute Gasteiger partial charge is 0.389 e. The molecule has 0 radical (unpaired) electrons. The number of hydrogen-bond donors (Lipinski definition) is 3. The van der Waals surface area contributed by atoms with Crippen molar-refractivity contribution >= 4 is 28.2 Å². The number of nitrogens with zero attached hydrogens (tertiary/aromatic N) is 2. The van der Waals surface area contributed by atoms with Crippen LogP contribution in [0.2, 0.25) is 0 Å². The number of benzene rings is 2. The number of carbonyl (C=O) groups excluding carboxylic acids is 1. The SMILES string of the molecule is COCC(O)CN1CCC(Nc2cccc3c2cc(-c2cccc(NC(C)=O)c2)n3C(F)C(F)F)CC1. The second-order valence-electron chi connectivity index (χ2n) is 9.44. The van der Waals surface area contributed by atoms with Crippen molar-refractivity contribution in [1.82, 2.24) is 9.47 Å². The number of alkyl halides is 3. The lowest BCUT2D eigenvalue weighted by atomic mass is 10.0. The summed E-state index contributed by atoms with van der Waals surface area (Å²) in [6.45, 7) is 3.82. The predicted molar refractivity (Wildman–Crippen MR) is 139 cm³/mol. The molecule has 1 aliphatic rings. The van der Waals surface area contributed by atoms with Crippen molar-refractivity contribution in [3.8, 4) is 11.3 Å². The highest BCUT2D eigenvalue weighted by Gasteiger charge is 2.28. The maximum absolute atomic E-state index is 15.0. The molecule has 200 valence electrons. The lowest BCUT2D eigenvalue weighted by molar-refractivity contribution is -0.114. The van der Waals surface area contributed by atoms with Crippen LogP contribution in [0.4, 0.5) is 24.5 Å². The van der Waals surface area contributed by atoms with Crippen molar-refractivity contribution in [2.24, 2.45) is 0 Å². The van der Waals surface area contributed by atoms with E-state index < -0.39 is 18.8 Å². The molecule has 3 N–H and O–H groups in total. The summed E-state index contributed by atoms with van der Waals surface area (Å²) in [5.41, 5.74) is 2.41. The molecule has 37 heavy (non-hydrogen) atoms. The van der Waals surface area contributed by atoms with Gasteiger partial charge in [0.15, 0.2) is 0 Å². The number of halogens is 3. The third-order valence-corrected chi connectivity index (χ3v) is 6.59. The van der Waals surface area contributed by atoms with Crippen LogP contribution in [0.15, 0.2) is 48.5 Å². The first-order valence-corrected chi connectivity index (χ1v) is 12.4. The average molecular weight is 519 g/mol. The van der Waals surface area contributed by atoms with E-state index in [0.717, 1.165) is 36.2 Å². The molecule has 1 aromatic heterocycles. The van der Waals surface area contributed by atoms with Crippen LogP contribution in [-0.4, -0.2) is 72.4 Å². The maximum Gasteiger partial charge on any atom is 0.288 e. The highest BCUT2D eigenvalue weighted by molar-refractivity contribution is 5.97. The van der Waals surface area contributed by atoms with Crippen LogP contribution in [0.25, 0.3) is 22.2 Å². The minimum absolute atomic E-state index is 0.146. The smallest absolute Gasteiger partial charge is 0.288 e. The lowest BCUT2D eigenvalue weighted by Gasteiger charge is -2.34. The normalized spacial score (nSPS) is 16.7. The van der Waals surface area contributed by atoms with Gasteiger partial charge in [0, 0.05) is 62.0 Å². The summed E-state index contributed by atoms with van der Waals surface area (Å²) in [5.74, 6) is -0.264. The number of anilines is 2. The van der Waals surface area contributed by atoms with Gasteiger partial charge in [-0.05, 0) is 43.2 Å². The van der Waals surface area contributed by atoms with E-state index in [4.69, 9.17) is 4.74 Å². The van der Waals surface area contributed by atoms with Gasteiger partial charge in [-0.1, -0.05) is 18.2 Å². The van der Waals surface area contributed by atoms with Gasteiger partial charge in [0.2, 0.25) is 12.2 Å². The number of piperidine rings is 1. The Kier molecular flexibility index (Phi) is 8.73. The fourth-order valence-electron chi connectivity index (χ4n) is 4.96. The van der Waals surface area contributed by atoms with Gasteiger partial charge >= 0.3 is 0 Å². The summed E-state index contributed by atoms with van der Waals surface area (Å²) in [7, 11) is 1.56. The molecule has 7 nitrogen and oxygen atoms in total. The molecule has 0 spiro atoms. The van der Waals surface area contributed by atoms with Gasteiger partial charge in [-0.15, -0.1) is 0 Å². The Balaban J connectivity index is 1.62. The van der Waals surface area contributed by atoms with E-state index >= 15 is 0 Å². The molecule has 4 rings (SSSR count). The lowest BCUT2D eigenvalue weighted by Crippen LogP contribution is -2.43. The molecule has 0 aliphatic carbocycles. The summed E-state index contributed by atoms with van der Waals surface area (Å²) in [6, 6.07) is 13.8. The molecule has 0 saturated carbocycles. The van der Waals surface area contributed by atoms with E-state index in [-0.39, 0.29) is 11.9 Å². The minimum Gasteiger partial charge on any atom is -0.389 e. The average Bonchev–Trinajstić information content (AvgIpc) is 3.25. The highest BCUT2D eigenvalue weighted by Crippen LogP contribution is 2.38. The molecule has 2 heterocycles. The number of hydrogen-bond acceptors (Lipinski definition) is 5. The van der Waals surface area contributed by atoms with Crippen LogP contribution in [-0.2, 0) is 9.53 Å². The Morgan fingerprint density at radius 1 is 1.14 bits per heavy atom. The Hall–Kier alpha value is -3.08. The number of rotatable bonds is 10. The van der Waals surface area contributed by atoms with Gasteiger partial charge in [-0.2, -0.15) is 0 Å². The fraction of sp³-hybridized carbons (Fsp3) is 0.444. The number of nitrogens with one attached hydrogen (secondary N) is 2. The van der Waals surface area contributed by atoms with Crippen molar-refractivity contribution in [2.75, 3.05) is 44.0 Å². The number of carbonyl (C=O) groups is 1. The number of β-amino-alcohol motifs (C(OH)–C–C–N with tert-alkyl or cyclic N) is 1. The minimum atomic E-state index is -3.21. The molecule has 10 heteroatoms. The topological polar surface area (TPSA) is 78.8 Å². The first kappa shape index (κ1) is 27.0. The van der Waals surface area contributed by atoms with E-state index in [1.54, 1.807) is 49.6 Å². The van der Waals surface area contributed by atoms with E-state index in [2.05, 4.69) is 15.5 Å². The molecule has 2 unspecified atom stereocenters. The Morgan fingerprint density at radius 3 is 2.54 bits per heavy atom. The standard InChI is InChI=1S/C27H33F3N4O3/c1-17(35)31-20-6-3-5-18(13-20)25-14-22-23(7-4-8-24(22)34(25)27(30)26(28)29)32-19-9-11-33(12-10-19)15-21(36)16-37-2/h3-8,13-14,19,21,26-27,32,36H,9-12,15-16H2,1-2H3,(H,31,35). The van der Waals surface area contributed by atoms with Gasteiger partial charge in [-0.3, -0.25) is 4.79 Å². The molecule has 1 aliphatic heterocycles. The maximum atomic E-state index is 15.0. The van der Waals surface area contributed by atoms with Crippen molar-refractivity contribution in [2.45, 2.75) is 44.6 Å².